The molecule has 4 heteroatoms. The van der Waals surface area contributed by atoms with Crippen LogP contribution in [0.1, 0.15) is 24.4 Å². The molecule has 0 radical (unpaired) electrons. The van der Waals surface area contributed by atoms with E-state index in [-0.39, 0.29) is 12.1 Å². The summed E-state index contributed by atoms with van der Waals surface area (Å²) in [7, 11) is 1.79. The summed E-state index contributed by atoms with van der Waals surface area (Å²) in [4.78, 5) is 2.43. The average Bonchev–Trinajstić information content (AvgIpc) is 2.48. The highest BCUT2D eigenvalue weighted by Crippen LogP contribution is 2.33. The van der Waals surface area contributed by atoms with Crippen LogP contribution in [0.4, 0.5) is 0 Å². The van der Waals surface area contributed by atoms with E-state index < -0.39 is 0 Å². The maximum absolute atomic E-state index is 6.45. The van der Waals surface area contributed by atoms with Crippen LogP contribution in [-0.4, -0.2) is 43.9 Å². The second kappa shape index (κ2) is 5.49. The summed E-state index contributed by atoms with van der Waals surface area (Å²) >= 11 is 0. The number of nitrogens with two attached hydrogens (primary N) is 1. The van der Waals surface area contributed by atoms with Crippen molar-refractivity contribution in [1.29, 1.82) is 0 Å². The number of likely N-dealkylation sites (tertiary alicyclic amines) is 1. The maximum Gasteiger partial charge on any atom is 0.124 e. The Balaban J connectivity index is 1.76. The topological polar surface area (TPSA) is 47.7 Å². The molecule has 1 fully saturated rings. The third-order valence-corrected chi connectivity index (χ3v) is 4.31. The van der Waals surface area contributed by atoms with Crippen molar-refractivity contribution >= 4 is 0 Å². The van der Waals surface area contributed by atoms with Crippen LogP contribution in [0.5, 0.6) is 5.75 Å². The Bertz CT molecular complexity index is 438. The van der Waals surface area contributed by atoms with Crippen molar-refractivity contribution in [3.05, 3.63) is 29.8 Å². The minimum absolute atomic E-state index is 0.0283. The van der Waals surface area contributed by atoms with Crippen LogP contribution < -0.4 is 10.5 Å². The normalized spacial score (nSPS) is 31.6. The number of hydrogen-bond acceptors (Lipinski definition) is 4. The second-order valence-electron chi connectivity index (χ2n) is 5.44. The number of fused-ring (bicyclic) bond motifs is 1. The number of nitrogens with zero attached hydrogens (tertiary/aromatic N) is 1. The Hall–Kier alpha value is -1.10. The molecule has 2 aliphatic rings. The minimum Gasteiger partial charge on any atom is -0.492 e. The van der Waals surface area contributed by atoms with Gasteiger partial charge >= 0.3 is 0 Å². The number of benzene rings is 1. The molecule has 0 aromatic heterocycles. The smallest absolute Gasteiger partial charge is 0.124 e. The Kier molecular flexibility index (Phi) is 3.73. The van der Waals surface area contributed by atoms with E-state index in [1.165, 1.54) is 6.42 Å². The van der Waals surface area contributed by atoms with E-state index >= 15 is 0 Å². The Morgan fingerprint density at radius 2 is 2.21 bits per heavy atom. The van der Waals surface area contributed by atoms with Gasteiger partial charge in [-0.2, -0.15) is 0 Å². The van der Waals surface area contributed by atoms with E-state index in [0.29, 0.717) is 12.7 Å². The van der Waals surface area contributed by atoms with Gasteiger partial charge in [0, 0.05) is 19.2 Å². The summed E-state index contributed by atoms with van der Waals surface area (Å²) in [6.45, 7) is 2.72. The molecule has 0 bridgehead atoms. The molecule has 2 heterocycles. The molecular formula is C15H22N2O2. The molecule has 0 saturated carbocycles. The van der Waals surface area contributed by atoms with Gasteiger partial charge in [0.15, 0.2) is 0 Å². The van der Waals surface area contributed by atoms with E-state index in [1.54, 1.807) is 7.11 Å². The van der Waals surface area contributed by atoms with Crippen molar-refractivity contribution in [2.75, 3.05) is 26.8 Å². The predicted octanol–water partition coefficient (Wildman–Crippen LogP) is 1.56. The molecule has 0 amide bonds. The fraction of sp³-hybridized carbons (Fsp3) is 0.600. The zero-order chi connectivity index (χ0) is 13.2. The van der Waals surface area contributed by atoms with Gasteiger partial charge in [0.1, 0.15) is 12.4 Å². The first-order valence-corrected chi connectivity index (χ1v) is 7.03. The van der Waals surface area contributed by atoms with Gasteiger partial charge in [-0.05, 0) is 25.5 Å². The van der Waals surface area contributed by atoms with Gasteiger partial charge in [0.25, 0.3) is 0 Å². The summed E-state index contributed by atoms with van der Waals surface area (Å²) in [5.41, 5.74) is 7.57. The third kappa shape index (κ3) is 2.48. The molecule has 2 aliphatic heterocycles. The lowest BCUT2D eigenvalue weighted by Gasteiger charge is -2.42. The lowest BCUT2D eigenvalue weighted by molar-refractivity contribution is -0.00447. The van der Waals surface area contributed by atoms with Crippen molar-refractivity contribution in [1.82, 2.24) is 4.90 Å². The molecule has 0 aliphatic carbocycles. The lowest BCUT2D eigenvalue weighted by atomic mass is 9.94. The second-order valence-corrected chi connectivity index (χ2v) is 5.44. The van der Waals surface area contributed by atoms with Gasteiger partial charge < -0.3 is 15.2 Å². The van der Waals surface area contributed by atoms with Gasteiger partial charge in [-0.1, -0.05) is 18.2 Å². The van der Waals surface area contributed by atoms with E-state index in [0.717, 1.165) is 30.8 Å². The van der Waals surface area contributed by atoms with Crippen LogP contribution >= 0.6 is 0 Å². The van der Waals surface area contributed by atoms with Crippen molar-refractivity contribution in [2.24, 2.45) is 5.73 Å². The maximum atomic E-state index is 6.45. The molecule has 1 aromatic rings. The Morgan fingerprint density at radius 3 is 3.05 bits per heavy atom. The zero-order valence-electron chi connectivity index (χ0n) is 11.4. The number of para-hydroxylation sites is 1. The molecule has 4 nitrogen and oxygen atoms in total. The van der Waals surface area contributed by atoms with Gasteiger partial charge in [0.05, 0.1) is 18.2 Å². The van der Waals surface area contributed by atoms with Crippen molar-refractivity contribution in [2.45, 2.75) is 31.0 Å². The van der Waals surface area contributed by atoms with E-state index in [2.05, 4.69) is 11.0 Å². The van der Waals surface area contributed by atoms with Gasteiger partial charge in [-0.15, -0.1) is 0 Å². The Labute approximate surface area is 114 Å². The fourth-order valence-corrected chi connectivity index (χ4v) is 3.17. The highest BCUT2D eigenvalue weighted by atomic mass is 16.5. The van der Waals surface area contributed by atoms with Crippen LogP contribution in [-0.2, 0) is 4.74 Å². The first-order chi connectivity index (χ1) is 9.29. The quantitative estimate of drug-likeness (QED) is 0.878. The number of hydrogen-bond donors (Lipinski definition) is 1. The first-order valence-electron chi connectivity index (χ1n) is 7.03. The molecule has 19 heavy (non-hydrogen) atoms. The molecule has 0 spiro atoms. The summed E-state index contributed by atoms with van der Waals surface area (Å²) in [6, 6.07) is 8.38. The van der Waals surface area contributed by atoms with E-state index in [9.17, 15) is 0 Å². The van der Waals surface area contributed by atoms with E-state index in [4.69, 9.17) is 15.2 Å². The van der Waals surface area contributed by atoms with Crippen molar-refractivity contribution in [3.8, 4) is 5.75 Å². The number of ether oxygens (including phenoxy) is 2. The largest absolute Gasteiger partial charge is 0.492 e. The van der Waals surface area contributed by atoms with Crippen molar-refractivity contribution < 1.29 is 9.47 Å². The summed E-state index contributed by atoms with van der Waals surface area (Å²) in [5.74, 6) is 0.937. The van der Waals surface area contributed by atoms with Crippen LogP contribution in [0, 0.1) is 0 Å². The third-order valence-electron chi connectivity index (χ3n) is 4.31. The highest BCUT2D eigenvalue weighted by Gasteiger charge is 2.34. The number of piperidine rings is 1. The number of methoxy groups -OCH3 is 1. The predicted molar refractivity (Wildman–Crippen MR) is 74.3 cm³/mol. The minimum atomic E-state index is 0.0283. The van der Waals surface area contributed by atoms with Crippen LogP contribution in [0.2, 0.25) is 0 Å². The zero-order valence-corrected chi connectivity index (χ0v) is 11.4. The Morgan fingerprint density at radius 1 is 1.37 bits per heavy atom. The highest BCUT2D eigenvalue weighted by molar-refractivity contribution is 5.38. The van der Waals surface area contributed by atoms with Gasteiger partial charge in [-0.25, -0.2) is 0 Å². The monoisotopic (exact) mass is 262 g/mol. The number of rotatable bonds is 2. The van der Waals surface area contributed by atoms with E-state index in [1.807, 2.05) is 18.2 Å². The molecule has 3 rings (SSSR count). The average molecular weight is 262 g/mol. The molecule has 3 atom stereocenters. The van der Waals surface area contributed by atoms with Crippen LogP contribution in [0.3, 0.4) is 0 Å². The molecule has 1 saturated heterocycles. The summed E-state index contributed by atoms with van der Waals surface area (Å²) < 4.78 is 11.4. The summed E-state index contributed by atoms with van der Waals surface area (Å²) in [6.07, 6.45) is 2.65. The SMILES string of the molecule is COC1CCCN(C2COc3ccccc3C2N)C1. The first kappa shape index (κ1) is 12.9. The van der Waals surface area contributed by atoms with Gasteiger partial charge in [0.2, 0.25) is 0 Å². The molecule has 2 N–H and O–H groups in total. The van der Waals surface area contributed by atoms with Crippen LogP contribution in [0.25, 0.3) is 0 Å². The molecule has 104 valence electrons. The molecular weight excluding hydrogens is 240 g/mol. The van der Waals surface area contributed by atoms with Crippen molar-refractivity contribution in [3.63, 3.8) is 0 Å². The van der Waals surface area contributed by atoms with Crippen LogP contribution in [0.15, 0.2) is 24.3 Å². The summed E-state index contributed by atoms with van der Waals surface area (Å²) in [5, 5.41) is 0. The molecule has 1 aromatic carbocycles. The standard InChI is InChI=1S/C15H22N2O2/c1-18-11-5-4-8-17(9-11)13-10-19-14-7-3-2-6-12(14)15(13)16/h2-3,6-7,11,13,15H,4-5,8-10,16H2,1H3. The lowest BCUT2D eigenvalue weighted by Crippen LogP contribution is -2.53. The fourth-order valence-electron chi connectivity index (χ4n) is 3.17. The molecule has 3 unspecified atom stereocenters. The van der Waals surface area contributed by atoms with Gasteiger partial charge in [-0.3, -0.25) is 4.90 Å².